The number of hydrogen-bond donors (Lipinski definition) is 1. The maximum atomic E-state index is 12.1. The number of rotatable bonds is 8. The van der Waals surface area contributed by atoms with E-state index in [4.69, 9.17) is 9.47 Å². The molecule has 0 atom stereocenters. The summed E-state index contributed by atoms with van der Waals surface area (Å²) >= 11 is 0. The lowest BCUT2D eigenvalue weighted by Gasteiger charge is -2.08. The Morgan fingerprint density at radius 1 is 1.04 bits per heavy atom. The second-order valence-corrected chi connectivity index (χ2v) is 6.16. The van der Waals surface area contributed by atoms with Gasteiger partial charge >= 0.3 is 5.97 Å². The first-order valence-corrected chi connectivity index (χ1v) is 9.20. The van der Waals surface area contributed by atoms with Crippen molar-refractivity contribution in [1.29, 1.82) is 0 Å². The van der Waals surface area contributed by atoms with Gasteiger partial charge in [-0.3, -0.25) is 4.79 Å². The van der Waals surface area contributed by atoms with Gasteiger partial charge < -0.3 is 14.8 Å². The molecule has 0 aliphatic rings. The van der Waals surface area contributed by atoms with Crippen LogP contribution in [0.4, 0.5) is 5.82 Å². The zero-order valence-electron chi connectivity index (χ0n) is 15.7. The van der Waals surface area contributed by atoms with E-state index in [9.17, 15) is 9.59 Å². The summed E-state index contributed by atoms with van der Waals surface area (Å²) in [4.78, 5) is 27.9. The molecule has 144 valence electrons. The first-order chi connectivity index (χ1) is 13.7. The molecule has 1 heterocycles. The van der Waals surface area contributed by atoms with Gasteiger partial charge in [0, 0.05) is 12.6 Å². The number of amides is 1. The van der Waals surface area contributed by atoms with Crippen LogP contribution in [0.1, 0.15) is 30.1 Å². The van der Waals surface area contributed by atoms with Crippen LogP contribution in [0.5, 0.6) is 5.75 Å². The second kappa shape index (κ2) is 9.50. The standard InChI is InChI=1S/C22H22N2O4/c1-2-27-22(26)18-11-12-23-20(15-18)24-21(25)8-5-13-28-19-10-9-16-6-3-4-7-17(16)14-19/h3-4,6-7,9-12,14-15H,2,5,8,13H2,1H3,(H,23,24,25). The number of esters is 1. The molecule has 0 aliphatic heterocycles. The fraction of sp³-hybridized carbons (Fsp3) is 0.227. The van der Waals surface area contributed by atoms with Crippen LogP contribution in [0.15, 0.2) is 60.8 Å². The Bertz CT molecular complexity index is 971. The number of carbonyl (C=O) groups is 2. The summed E-state index contributed by atoms with van der Waals surface area (Å²) in [7, 11) is 0. The molecule has 28 heavy (non-hydrogen) atoms. The van der Waals surface area contributed by atoms with Gasteiger partial charge in [0.05, 0.1) is 18.8 Å². The molecule has 3 rings (SSSR count). The maximum absolute atomic E-state index is 12.1. The average molecular weight is 378 g/mol. The summed E-state index contributed by atoms with van der Waals surface area (Å²) in [5.74, 6) is 0.480. The Labute approximate surface area is 163 Å². The van der Waals surface area contributed by atoms with E-state index in [1.807, 2.05) is 36.4 Å². The lowest BCUT2D eigenvalue weighted by atomic mass is 10.1. The minimum absolute atomic E-state index is 0.185. The zero-order valence-corrected chi connectivity index (χ0v) is 15.7. The van der Waals surface area contributed by atoms with Gasteiger partial charge in [0.15, 0.2) is 0 Å². The topological polar surface area (TPSA) is 77.5 Å². The van der Waals surface area contributed by atoms with Crippen LogP contribution in [-0.4, -0.2) is 30.1 Å². The molecule has 3 aromatic rings. The third-order valence-electron chi connectivity index (χ3n) is 4.08. The summed E-state index contributed by atoms with van der Waals surface area (Å²) in [5.41, 5.74) is 0.354. The van der Waals surface area contributed by atoms with Gasteiger partial charge in [-0.15, -0.1) is 0 Å². The smallest absolute Gasteiger partial charge is 0.338 e. The Balaban J connectivity index is 1.45. The molecule has 0 fully saturated rings. The Kier molecular flexibility index (Phi) is 6.57. The number of aromatic nitrogens is 1. The molecule has 0 unspecified atom stereocenters. The molecule has 2 aromatic carbocycles. The molecule has 6 heteroatoms. The Hall–Kier alpha value is -3.41. The van der Waals surface area contributed by atoms with Gasteiger partial charge in [-0.2, -0.15) is 0 Å². The fourth-order valence-electron chi connectivity index (χ4n) is 2.73. The molecule has 6 nitrogen and oxygen atoms in total. The first-order valence-electron chi connectivity index (χ1n) is 9.20. The molecule has 0 saturated carbocycles. The SMILES string of the molecule is CCOC(=O)c1ccnc(NC(=O)CCCOc2ccc3ccccc3c2)c1. The minimum atomic E-state index is -0.441. The van der Waals surface area contributed by atoms with Crippen molar-refractivity contribution in [2.75, 3.05) is 18.5 Å². The third-order valence-corrected chi connectivity index (χ3v) is 4.08. The van der Waals surface area contributed by atoms with Gasteiger partial charge in [-0.25, -0.2) is 9.78 Å². The number of pyridine rings is 1. The van der Waals surface area contributed by atoms with E-state index in [2.05, 4.69) is 16.4 Å². The van der Waals surface area contributed by atoms with Crippen LogP contribution < -0.4 is 10.1 Å². The molecule has 1 aromatic heterocycles. The van der Waals surface area contributed by atoms with Gasteiger partial charge in [0.2, 0.25) is 5.91 Å². The summed E-state index contributed by atoms with van der Waals surface area (Å²) < 4.78 is 10.7. The predicted molar refractivity (Wildman–Crippen MR) is 108 cm³/mol. The molecule has 0 spiro atoms. The quantitative estimate of drug-likeness (QED) is 0.469. The lowest BCUT2D eigenvalue weighted by molar-refractivity contribution is -0.116. The van der Waals surface area contributed by atoms with Crippen molar-refractivity contribution in [1.82, 2.24) is 4.98 Å². The van der Waals surface area contributed by atoms with Crippen molar-refractivity contribution in [3.63, 3.8) is 0 Å². The van der Waals surface area contributed by atoms with Crippen LogP contribution in [0.2, 0.25) is 0 Å². The zero-order chi connectivity index (χ0) is 19.8. The number of benzene rings is 2. The van der Waals surface area contributed by atoms with Gasteiger partial charge in [-0.1, -0.05) is 30.3 Å². The number of fused-ring (bicyclic) bond motifs is 1. The van der Waals surface area contributed by atoms with E-state index in [1.165, 1.54) is 12.3 Å². The van der Waals surface area contributed by atoms with E-state index in [0.29, 0.717) is 37.4 Å². The number of anilines is 1. The molecule has 0 saturated heterocycles. The number of hydrogen-bond acceptors (Lipinski definition) is 5. The largest absolute Gasteiger partial charge is 0.494 e. The van der Waals surface area contributed by atoms with Gasteiger partial charge in [0.1, 0.15) is 11.6 Å². The highest BCUT2D eigenvalue weighted by molar-refractivity contribution is 5.93. The van der Waals surface area contributed by atoms with E-state index >= 15 is 0 Å². The lowest BCUT2D eigenvalue weighted by Crippen LogP contribution is -2.14. The number of ether oxygens (including phenoxy) is 2. The second-order valence-electron chi connectivity index (χ2n) is 6.16. The van der Waals surface area contributed by atoms with Crippen molar-refractivity contribution in [3.05, 3.63) is 66.4 Å². The highest BCUT2D eigenvalue weighted by Crippen LogP contribution is 2.20. The van der Waals surface area contributed by atoms with Gasteiger partial charge in [0.25, 0.3) is 0 Å². The molecule has 1 amide bonds. The van der Waals surface area contributed by atoms with Crippen molar-refractivity contribution in [2.45, 2.75) is 19.8 Å². The predicted octanol–water partition coefficient (Wildman–Crippen LogP) is 4.21. The number of nitrogens with one attached hydrogen (secondary N) is 1. The summed E-state index contributed by atoms with van der Waals surface area (Å²) in [5, 5.41) is 4.96. The van der Waals surface area contributed by atoms with Crippen LogP contribution in [0, 0.1) is 0 Å². The minimum Gasteiger partial charge on any atom is -0.494 e. The summed E-state index contributed by atoms with van der Waals surface area (Å²) in [6.45, 7) is 2.46. The van der Waals surface area contributed by atoms with Crippen molar-refractivity contribution < 1.29 is 19.1 Å². The Morgan fingerprint density at radius 2 is 1.86 bits per heavy atom. The third kappa shape index (κ3) is 5.30. The highest BCUT2D eigenvalue weighted by atomic mass is 16.5. The van der Waals surface area contributed by atoms with E-state index < -0.39 is 5.97 Å². The highest BCUT2D eigenvalue weighted by Gasteiger charge is 2.09. The maximum Gasteiger partial charge on any atom is 0.338 e. The summed E-state index contributed by atoms with van der Waals surface area (Å²) in [6, 6.07) is 17.0. The normalized spacial score (nSPS) is 10.5. The van der Waals surface area contributed by atoms with Crippen LogP contribution in [-0.2, 0) is 9.53 Å². The fourth-order valence-corrected chi connectivity index (χ4v) is 2.73. The van der Waals surface area contributed by atoms with Crippen molar-refractivity contribution >= 4 is 28.5 Å². The average Bonchev–Trinajstić information content (AvgIpc) is 2.71. The van der Waals surface area contributed by atoms with Gasteiger partial charge in [-0.05, 0) is 48.4 Å². The Morgan fingerprint density at radius 3 is 2.68 bits per heavy atom. The molecule has 1 N–H and O–H groups in total. The molecular weight excluding hydrogens is 356 g/mol. The number of carbonyl (C=O) groups excluding carboxylic acids is 2. The molecule has 0 radical (unpaired) electrons. The van der Waals surface area contributed by atoms with Crippen molar-refractivity contribution in [3.8, 4) is 5.75 Å². The van der Waals surface area contributed by atoms with Crippen LogP contribution in [0.3, 0.4) is 0 Å². The molecular formula is C22H22N2O4. The first kappa shape index (κ1) is 19.4. The van der Waals surface area contributed by atoms with E-state index in [0.717, 1.165) is 16.5 Å². The van der Waals surface area contributed by atoms with E-state index in [-0.39, 0.29) is 5.91 Å². The van der Waals surface area contributed by atoms with Crippen molar-refractivity contribution in [2.24, 2.45) is 0 Å². The van der Waals surface area contributed by atoms with E-state index in [1.54, 1.807) is 13.0 Å². The number of nitrogens with zero attached hydrogens (tertiary/aromatic N) is 1. The molecule has 0 bridgehead atoms. The molecule has 0 aliphatic carbocycles. The van der Waals surface area contributed by atoms with Crippen LogP contribution >= 0.6 is 0 Å². The summed E-state index contributed by atoms with van der Waals surface area (Å²) in [6.07, 6.45) is 2.32. The monoisotopic (exact) mass is 378 g/mol. The van der Waals surface area contributed by atoms with Crippen LogP contribution in [0.25, 0.3) is 10.8 Å².